The number of carbonyl (C=O) groups is 3. The Labute approximate surface area is 184 Å². The minimum absolute atomic E-state index is 0.116. The van der Waals surface area contributed by atoms with E-state index in [0.29, 0.717) is 11.4 Å². The maximum atomic E-state index is 13.1. The molecule has 2 atom stereocenters. The Kier molecular flexibility index (Phi) is 6.66. The van der Waals surface area contributed by atoms with Gasteiger partial charge in [-0.05, 0) is 49.1 Å². The van der Waals surface area contributed by atoms with Crippen LogP contribution in [0.15, 0.2) is 29.5 Å². The minimum atomic E-state index is -0.803. The molecule has 0 spiro atoms. The Morgan fingerprint density at radius 3 is 2.58 bits per heavy atom. The number of rotatable bonds is 6. The number of nitrogens with zero attached hydrogens (tertiary/aromatic N) is 4. The van der Waals surface area contributed by atoms with Gasteiger partial charge in [-0.25, -0.2) is 4.68 Å². The van der Waals surface area contributed by atoms with Crippen molar-refractivity contribution >= 4 is 34.8 Å². The lowest BCUT2D eigenvalue weighted by Crippen LogP contribution is -2.32. The van der Waals surface area contributed by atoms with E-state index in [9.17, 15) is 14.4 Å². The molecule has 2 unspecified atom stereocenters. The highest BCUT2D eigenvalue weighted by Gasteiger charge is 2.42. The summed E-state index contributed by atoms with van der Waals surface area (Å²) in [7, 11) is 1.36. The standard InChI is InChI=1S/C22H22ClN5O3/c1-12-6-16(28-11-15(23)10-27-28)7-13(2)19(12)20-18(29)8-14(21(20)30)4-5-26-22(31)17(9-24)25-3/h6-7,10-11,14,20H,4-5,8H2,1-3H3,(H,26,31). The fourth-order valence-electron chi connectivity index (χ4n) is 4.03. The summed E-state index contributed by atoms with van der Waals surface area (Å²) in [4.78, 5) is 41.2. The van der Waals surface area contributed by atoms with Crippen molar-refractivity contribution in [1.29, 1.82) is 5.26 Å². The van der Waals surface area contributed by atoms with Crippen molar-refractivity contribution in [2.75, 3.05) is 13.6 Å². The highest BCUT2D eigenvalue weighted by Crippen LogP contribution is 2.37. The Balaban J connectivity index is 1.75. The summed E-state index contributed by atoms with van der Waals surface area (Å²) in [5.74, 6) is -2.10. The monoisotopic (exact) mass is 439 g/mol. The van der Waals surface area contributed by atoms with Gasteiger partial charge in [-0.15, -0.1) is 0 Å². The van der Waals surface area contributed by atoms with E-state index in [4.69, 9.17) is 16.9 Å². The third-order valence-corrected chi connectivity index (χ3v) is 5.66. The molecule has 1 N–H and O–H groups in total. The van der Waals surface area contributed by atoms with Crippen molar-refractivity contribution < 1.29 is 14.4 Å². The number of benzene rings is 1. The second-order valence-electron chi connectivity index (χ2n) is 7.53. The molecule has 1 saturated carbocycles. The minimum Gasteiger partial charge on any atom is -0.350 e. The third kappa shape index (κ3) is 4.57. The second-order valence-corrected chi connectivity index (χ2v) is 7.96. The van der Waals surface area contributed by atoms with Crippen LogP contribution in [0.3, 0.4) is 0 Å². The van der Waals surface area contributed by atoms with Crippen molar-refractivity contribution in [3.05, 3.63) is 46.2 Å². The van der Waals surface area contributed by atoms with E-state index in [-0.39, 0.29) is 30.2 Å². The predicted octanol–water partition coefficient (Wildman–Crippen LogP) is 2.48. The van der Waals surface area contributed by atoms with Gasteiger partial charge < -0.3 is 5.32 Å². The number of carbonyl (C=O) groups excluding carboxylic acids is 3. The molecular weight excluding hydrogens is 418 g/mol. The molecule has 31 heavy (non-hydrogen) atoms. The normalized spacial score (nSPS) is 18.9. The molecule has 1 aromatic heterocycles. The highest BCUT2D eigenvalue weighted by molar-refractivity contribution is 6.45. The van der Waals surface area contributed by atoms with Gasteiger partial charge in [-0.3, -0.25) is 19.4 Å². The van der Waals surface area contributed by atoms with Gasteiger partial charge in [0.15, 0.2) is 11.5 Å². The summed E-state index contributed by atoms with van der Waals surface area (Å²) >= 11 is 5.95. The fourth-order valence-corrected chi connectivity index (χ4v) is 4.17. The van der Waals surface area contributed by atoms with E-state index in [1.54, 1.807) is 23.1 Å². The molecule has 9 heteroatoms. The van der Waals surface area contributed by atoms with Crippen LogP contribution in [0.2, 0.25) is 5.02 Å². The van der Waals surface area contributed by atoms with Crippen LogP contribution in [0.4, 0.5) is 0 Å². The highest BCUT2D eigenvalue weighted by atomic mass is 35.5. The quantitative estimate of drug-likeness (QED) is 0.548. The first kappa shape index (κ1) is 22.4. The van der Waals surface area contributed by atoms with Gasteiger partial charge in [-0.2, -0.15) is 10.4 Å². The molecule has 1 aliphatic rings. The van der Waals surface area contributed by atoms with Crippen LogP contribution in [-0.4, -0.2) is 46.6 Å². The lowest BCUT2D eigenvalue weighted by Gasteiger charge is -2.17. The lowest BCUT2D eigenvalue weighted by molar-refractivity contribution is -0.125. The molecule has 160 valence electrons. The first-order chi connectivity index (χ1) is 14.8. The van der Waals surface area contributed by atoms with Gasteiger partial charge in [0.05, 0.1) is 16.9 Å². The molecular formula is C22H22ClN5O3. The molecule has 0 radical (unpaired) electrons. The van der Waals surface area contributed by atoms with E-state index in [1.165, 1.54) is 7.05 Å². The van der Waals surface area contributed by atoms with Crippen molar-refractivity contribution in [3.8, 4) is 11.8 Å². The number of hydrogen-bond acceptors (Lipinski definition) is 6. The van der Waals surface area contributed by atoms with Gasteiger partial charge in [0.2, 0.25) is 0 Å². The summed E-state index contributed by atoms with van der Waals surface area (Å²) in [5.41, 5.74) is 2.97. The summed E-state index contributed by atoms with van der Waals surface area (Å²) in [6.07, 6.45) is 3.70. The van der Waals surface area contributed by atoms with Crippen LogP contribution in [0.5, 0.6) is 0 Å². The molecule has 1 amide bonds. The predicted molar refractivity (Wildman–Crippen MR) is 116 cm³/mol. The number of aromatic nitrogens is 2. The van der Waals surface area contributed by atoms with Crippen molar-refractivity contribution in [1.82, 2.24) is 15.1 Å². The van der Waals surface area contributed by atoms with Gasteiger partial charge in [-0.1, -0.05) is 11.6 Å². The number of Topliss-reactive ketones (excluding diaryl/α,β-unsaturated/α-hetero) is 2. The molecule has 1 aromatic carbocycles. The number of halogens is 1. The van der Waals surface area contributed by atoms with Crippen LogP contribution >= 0.6 is 11.6 Å². The number of amides is 1. The molecule has 3 rings (SSSR count). The van der Waals surface area contributed by atoms with Crippen LogP contribution < -0.4 is 5.32 Å². The summed E-state index contributed by atoms with van der Waals surface area (Å²) in [5, 5.41) is 16.1. The van der Waals surface area contributed by atoms with Crippen LogP contribution in [0, 0.1) is 31.1 Å². The maximum absolute atomic E-state index is 13.1. The van der Waals surface area contributed by atoms with E-state index in [0.717, 1.165) is 22.4 Å². The van der Waals surface area contributed by atoms with Crippen LogP contribution in [0.1, 0.15) is 35.4 Å². The average molecular weight is 440 g/mol. The Morgan fingerprint density at radius 1 is 1.35 bits per heavy atom. The molecule has 8 nitrogen and oxygen atoms in total. The second kappa shape index (κ2) is 9.23. The summed E-state index contributed by atoms with van der Waals surface area (Å²) < 4.78 is 1.64. The van der Waals surface area contributed by atoms with Crippen LogP contribution in [-0.2, 0) is 14.4 Å². The van der Waals surface area contributed by atoms with Gasteiger partial charge in [0, 0.05) is 32.1 Å². The van der Waals surface area contributed by atoms with E-state index in [1.807, 2.05) is 26.0 Å². The molecule has 2 aromatic rings. The number of nitriles is 1. The first-order valence-corrected chi connectivity index (χ1v) is 10.2. The summed E-state index contributed by atoms with van der Waals surface area (Å²) in [6.45, 7) is 3.93. The maximum Gasteiger partial charge on any atom is 0.280 e. The number of nitrogens with one attached hydrogen (secondary N) is 1. The molecule has 0 bridgehead atoms. The molecule has 0 aliphatic heterocycles. The number of hydrogen-bond donors (Lipinski definition) is 1. The average Bonchev–Trinajstić information content (AvgIpc) is 3.27. The van der Waals surface area contributed by atoms with Crippen LogP contribution in [0.25, 0.3) is 5.69 Å². The molecule has 1 fully saturated rings. The smallest absolute Gasteiger partial charge is 0.280 e. The summed E-state index contributed by atoms with van der Waals surface area (Å²) in [6, 6.07) is 5.47. The Hall–Kier alpha value is -3.31. The van der Waals surface area contributed by atoms with Crippen molar-refractivity contribution in [2.45, 2.75) is 32.6 Å². The largest absolute Gasteiger partial charge is 0.350 e. The molecule has 1 aliphatic carbocycles. The molecule has 1 heterocycles. The Bertz CT molecular complexity index is 1110. The van der Waals surface area contributed by atoms with Gasteiger partial charge in [0.1, 0.15) is 17.8 Å². The SMILES string of the molecule is CN=C(C#N)C(=O)NCCC1CC(=O)C(c2c(C)cc(-n3cc(Cl)cn3)cc2C)C1=O. The van der Waals surface area contributed by atoms with E-state index in [2.05, 4.69) is 15.4 Å². The lowest BCUT2D eigenvalue weighted by atomic mass is 9.87. The van der Waals surface area contributed by atoms with Gasteiger partial charge >= 0.3 is 0 Å². The zero-order valence-electron chi connectivity index (χ0n) is 17.5. The van der Waals surface area contributed by atoms with Crippen molar-refractivity contribution in [2.24, 2.45) is 10.9 Å². The van der Waals surface area contributed by atoms with E-state index < -0.39 is 17.7 Å². The van der Waals surface area contributed by atoms with E-state index >= 15 is 0 Å². The zero-order chi connectivity index (χ0) is 22.7. The number of aliphatic imine (C=N–C) groups is 1. The topological polar surface area (TPSA) is 117 Å². The zero-order valence-corrected chi connectivity index (χ0v) is 18.2. The third-order valence-electron chi connectivity index (χ3n) is 5.46. The number of aryl methyl sites for hydroxylation is 2. The fraction of sp³-hybridized carbons (Fsp3) is 0.364. The molecule has 0 saturated heterocycles. The Morgan fingerprint density at radius 2 is 2.03 bits per heavy atom. The van der Waals surface area contributed by atoms with Gasteiger partial charge in [0.25, 0.3) is 5.91 Å². The first-order valence-electron chi connectivity index (χ1n) is 9.80. The van der Waals surface area contributed by atoms with Crippen molar-refractivity contribution in [3.63, 3.8) is 0 Å². The number of ketones is 2.